The van der Waals surface area contributed by atoms with Crippen molar-refractivity contribution in [2.45, 2.75) is 13.3 Å². The number of ether oxygens (including phenoxy) is 2. The number of rotatable bonds is 6. The van der Waals surface area contributed by atoms with Gasteiger partial charge in [-0.05, 0) is 25.5 Å². The van der Waals surface area contributed by atoms with E-state index < -0.39 is 5.82 Å². The standard InChI is InChI=1S/C17H21FN2O3/c1-3-9-23-16-10-14(18)5-6-15(16)19-17(21)20-8-7-13(11-20)12-22-4-2/h1,5-6,10,13H,4,7-9,11-12H2,2H3,(H,19,21)/t13-/m0/s1. The summed E-state index contributed by atoms with van der Waals surface area (Å²) >= 11 is 0. The number of nitrogens with one attached hydrogen (secondary N) is 1. The minimum absolute atomic E-state index is 0.00642. The van der Waals surface area contributed by atoms with Gasteiger partial charge in [-0.2, -0.15) is 0 Å². The van der Waals surface area contributed by atoms with Gasteiger partial charge in [0.25, 0.3) is 0 Å². The first-order valence-electron chi connectivity index (χ1n) is 7.63. The molecule has 1 saturated heterocycles. The molecule has 23 heavy (non-hydrogen) atoms. The highest BCUT2D eigenvalue weighted by Crippen LogP contribution is 2.26. The summed E-state index contributed by atoms with van der Waals surface area (Å²) in [5.74, 6) is 2.44. The van der Waals surface area contributed by atoms with Gasteiger partial charge in [-0.3, -0.25) is 0 Å². The maximum absolute atomic E-state index is 13.3. The predicted octanol–water partition coefficient (Wildman–Crippen LogP) is 2.73. The molecule has 1 aliphatic heterocycles. The zero-order valence-electron chi connectivity index (χ0n) is 13.2. The summed E-state index contributed by atoms with van der Waals surface area (Å²) in [6.07, 6.45) is 6.06. The lowest BCUT2D eigenvalue weighted by Crippen LogP contribution is -2.33. The molecule has 0 saturated carbocycles. The molecule has 0 radical (unpaired) electrons. The van der Waals surface area contributed by atoms with E-state index in [1.165, 1.54) is 18.2 Å². The molecule has 5 nitrogen and oxygen atoms in total. The number of hydrogen-bond acceptors (Lipinski definition) is 3. The Hall–Kier alpha value is -2.26. The third-order valence-corrected chi connectivity index (χ3v) is 3.63. The van der Waals surface area contributed by atoms with Crippen molar-refractivity contribution in [3.63, 3.8) is 0 Å². The van der Waals surface area contributed by atoms with Gasteiger partial charge in [0.15, 0.2) is 0 Å². The molecule has 1 fully saturated rings. The molecular weight excluding hydrogens is 299 g/mol. The molecule has 1 aromatic rings. The first-order valence-corrected chi connectivity index (χ1v) is 7.63. The van der Waals surface area contributed by atoms with Crippen LogP contribution in [0.15, 0.2) is 18.2 Å². The summed E-state index contributed by atoms with van der Waals surface area (Å²) in [6.45, 7) is 4.61. The normalized spacial score (nSPS) is 16.9. The number of terminal acetylenes is 1. The largest absolute Gasteiger partial charge is 0.479 e. The molecule has 0 aromatic heterocycles. The van der Waals surface area contributed by atoms with Gasteiger partial charge in [0, 0.05) is 31.7 Å². The van der Waals surface area contributed by atoms with Gasteiger partial charge in [-0.15, -0.1) is 6.42 Å². The number of anilines is 1. The third-order valence-electron chi connectivity index (χ3n) is 3.63. The number of halogens is 1. The minimum Gasteiger partial charge on any atom is -0.479 e. The summed E-state index contributed by atoms with van der Waals surface area (Å²) < 4.78 is 24.0. The summed E-state index contributed by atoms with van der Waals surface area (Å²) in [5.41, 5.74) is 0.403. The molecule has 1 aromatic carbocycles. The number of benzene rings is 1. The van der Waals surface area contributed by atoms with Crippen molar-refractivity contribution in [3.8, 4) is 18.1 Å². The first-order chi connectivity index (χ1) is 11.1. The van der Waals surface area contributed by atoms with Crippen LogP contribution in [0.3, 0.4) is 0 Å². The topological polar surface area (TPSA) is 50.8 Å². The molecule has 0 unspecified atom stereocenters. The molecule has 2 amide bonds. The summed E-state index contributed by atoms with van der Waals surface area (Å²) in [4.78, 5) is 14.0. The van der Waals surface area contributed by atoms with Crippen LogP contribution < -0.4 is 10.1 Å². The van der Waals surface area contributed by atoms with E-state index >= 15 is 0 Å². The predicted molar refractivity (Wildman–Crippen MR) is 85.9 cm³/mol. The summed E-state index contributed by atoms with van der Waals surface area (Å²) in [7, 11) is 0. The number of carbonyl (C=O) groups is 1. The number of carbonyl (C=O) groups excluding carboxylic acids is 1. The number of urea groups is 1. The van der Waals surface area contributed by atoms with Crippen LogP contribution in [0.25, 0.3) is 0 Å². The Labute approximate surface area is 135 Å². The molecule has 124 valence electrons. The number of nitrogens with zero attached hydrogens (tertiary/aromatic N) is 1. The summed E-state index contributed by atoms with van der Waals surface area (Å²) in [6, 6.07) is 3.70. The van der Waals surface area contributed by atoms with Gasteiger partial charge in [0.1, 0.15) is 18.2 Å². The van der Waals surface area contributed by atoms with E-state index in [4.69, 9.17) is 15.9 Å². The molecule has 0 spiro atoms. The molecule has 0 aliphatic carbocycles. The van der Waals surface area contributed by atoms with E-state index in [-0.39, 0.29) is 18.4 Å². The van der Waals surface area contributed by atoms with Gasteiger partial charge in [-0.25, -0.2) is 9.18 Å². The molecule has 6 heteroatoms. The Morgan fingerprint density at radius 1 is 1.57 bits per heavy atom. The second-order valence-electron chi connectivity index (χ2n) is 5.32. The average Bonchev–Trinajstić information content (AvgIpc) is 3.02. The second kappa shape index (κ2) is 8.39. The smallest absolute Gasteiger partial charge is 0.321 e. The fourth-order valence-corrected chi connectivity index (χ4v) is 2.47. The van der Waals surface area contributed by atoms with Gasteiger partial charge in [0.2, 0.25) is 0 Å². The Kier molecular flexibility index (Phi) is 6.24. The van der Waals surface area contributed by atoms with Crippen LogP contribution >= 0.6 is 0 Å². The van der Waals surface area contributed by atoms with E-state index in [0.717, 1.165) is 6.42 Å². The Balaban J connectivity index is 1.96. The Morgan fingerprint density at radius 2 is 2.39 bits per heavy atom. The first kappa shape index (κ1) is 17.1. The molecule has 1 heterocycles. The Bertz CT molecular complexity index is 586. The number of hydrogen-bond donors (Lipinski definition) is 1. The number of amides is 2. The fourth-order valence-electron chi connectivity index (χ4n) is 2.47. The molecule has 0 bridgehead atoms. The van der Waals surface area contributed by atoms with Crippen LogP contribution in [-0.2, 0) is 4.74 Å². The quantitative estimate of drug-likeness (QED) is 0.820. The molecule has 1 aliphatic rings. The van der Waals surface area contributed by atoms with Crippen LogP contribution in [-0.4, -0.2) is 43.8 Å². The zero-order chi connectivity index (χ0) is 16.7. The van der Waals surface area contributed by atoms with E-state index in [9.17, 15) is 9.18 Å². The van der Waals surface area contributed by atoms with Gasteiger partial charge in [-0.1, -0.05) is 5.92 Å². The van der Waals surface area contributed by atoms with Crippen molar-refractivity contribution in [1.29, 1.82) is 0 Å². The van der Waals surface area contributed by atoms with Gasteiger partial charge in [0.05, 0.1) is 12.3 Å². The summed E-state index contributed by atoms with van der Waals surface area (Å²) in [5, 5.41) is 2.75. The van der Waals surface area contributed by atoms with Crippen molar-refractivity contribution in [2.24, 2.45) is 5.92 Å². The average molecular weight is 320 g/mol. The van der Waals surface area contributed by atoms with E-state index in [0.29, 0.717) is 37.9 Å². The Morgan fingerprint density at radius 3 is 3.13 bits per heavy atom. The van der Waals surface area contributed by atoms with Crippen molar-refractivity contribution in [2.75, 3.05) is 38.2 Å². The lowest BCUT2D eigenvalue weighted by molar-refractivity contribution is 0.113. The van der Waals surface area contributed by atoms with Crippen LogP contribution in [0.2, 0.25) is 0 Å². The van der Waals surface area contributed by atoms with E-state index in [2.05, 4.69) is 11.2 Å². The fraction of sp³-hybridized carbons (Fsp3) is 0.471. The number of likely N-dealkylation sites (tertiary alicyclic amines) is 1. The van der Waals surface area contributed by atoms with Crippen LogP contribution in [0.4, 0.5) is 14.9 Å². The van der Waals surface area contributed by atoms with Crippen molar-refractivity contribution in [1.82, 2.24) is 4.90 Å². The minimum atomic E-state index is -0.451. The van der Waals surface area contributed by atoms with Crippen LogP contribution in [0, 0.1) is 24.1 Å². The highest BCUT2D eigenvalue weighted by Gasteiger charge is 2.26. The highest BCUT2D eigenvalue weighted by atomic mass is 19.1. The highest BCUT2D eigenvalue weighted by molar-refractivity contribution is 5.91. The molecule has 1 atom stereocenters. The van der Waals surface area contributed by atoms with Crippen LogP contribution in [0.5, 0.6) is 5.75 Å². The lowest BCUT2D eigenvalue weighted by Gasteiger charge is -2.19. The van der Waals surface area contributed by atoms with Crippen molar-refractivity contribution >= 4 is 11.7 Å². The van der Waals surface area contributed by atoms with Crippen molar-refractivity contribution < 1.29 is 18.7 Å². The SMILES string of the molecule is C#CCOc1cc(F)ccc1NC(=O)N1CC[C@H](COCC)C1. The van der Waals surface area contributed by atoms with E-state index in [1.807, 2.05) is 6.92 Å². The maximum atomic E-state index is 13.3. The monoisotopic (exact) mass is 320 g/mol. The third kappa shape index (κ3) is 4.86. The van der Waals surface area contributed by atoms with Crippen LogP contribution in [0.1, 0.15) is 13.3 Å². The lowest BCUT2D eigenvalue weighted by atomic mass is 10.1. The molecule has 2 rings (SSSR count). The molecular formula is C17H21FN2O3. The van der Waals surface area contributed by atoms with Gasteiger partial charge < -0.3 is 19.7 Å². The van der Waals surface area contributed by atoms with Gasteiger partial charge >= 0.3 is 6.03 Å². The van der Waals surface area contributed by atoms with E-state index in [1.54, 1.807) is 4.90 Å². The molecule has 1 N–H and O–H groups in total. The van der Waals surface area contributed by atoms with Crippen molar-refractivity contribution in [3.05, 3.63) is 24.0 Å². The zero-order valence-corrected chi connectivity index (χ0v) is 13.2. The second-order valence-corrected chi connectivity index (χ2v) is 5.32. The maximum Gasteiger partial charge on any atom is 0.321 e.